The molecule has 0 bridgehead atoms. The fourth-order valence-corrected chi connectivity index (χ4v) is 2.52. The molecule has 3 rings (SSSR count). The number of carbonyl (C=O) groups is 1. The summed E-state index contributed by atoms with van der Waals surface area (Å²) in [5.41, 5.74) is -1.15. The number of hydrogen-bond donors (Lipinski definition) is 2. The average Bonchev–Trinajstić information content (AvgIpc) is 3.30. The summed E-state index contributed by atoms with van der Waals surface area (Å²) < 4.78 is 38.0. The van der Waals surface area contributed by atoms with Crippen molar-refractivity contribution in [2.45, 2.75) is 18.5 Å². The lowest BCUT2D eigenvalue weighted by atomic mass is 10.1. The molecule has 2 N–H and O–H groups in total. The molecule has 0 aliphatic heterocycles. The van der Waals surface area contributed by atoms with Crippen molar-refractivity contribution in [3.63, 3.8) is 0 Å². The Morgan fingerprint density at radius 2 is 1.91 bits per heavy atom. The van der Waals surface area contributed by atoms with Crippen molar-refractivity contribution in [3.05, 3.63) is 64.1 Å². The first-order valence-corrected chi connectivity index (χ1v) is 7.02. The van der Waals surface area contributed by atoms with Crippen LogP contribution in [0.15, 0.2) is 47.4 Å². The van der Waals surface area contributed by atoms with Crippen LogP contribution in [0.3, 0.4) is 0 Å². The minimum Gasteiger partial charge on any atom is -0.327 e. The minimum absolute atomic E-state index is 0.0427. The highest BCUT2D eigenvalue weighted by Crippen LogP contribution is 2.47. The Morgan fingerprint density at radius 1 is 1.22 bits per heavy atom. The molecule has 0 saturated heterocycles. The number of carbonyl (C=O) groups excluding carboxylic acids is 1. The zero-order valence-electron chi connectivity index (χ0n) is 11.9. The third-order valence-electron chi connectivity index (χ3n) is 3.84. The lowest BCUT2D eigenvalue weighted by Crippen LogP contribution is -2.22. The molecule has 4 nitrogen and oxygen atoms in total. The molecule has 1 saturated carbocycles. The summed E-state index contributed by atoms with van der Waals surface area (Å²) in [5.74, 6) is -0.726. The van der Waals surface area contributed by atoms with Gasteiger partial charge in [-0.2, -0.15) is 13.2 Å². The Hall–Kier alpha value is -2.57. The highest BCUT2D eigenvalue weighted by Gasteiger charge is 2.44. The van der Waals surface area contributed by atoms with E-state index in [-0.39, 0.29) is 17.5 Å². The van der Waals surface area contributed by atoms with E-state index in [0.717, 1.165) is 5.56 Å². The third-order valence-corrected chi connectivity index (χ3v) is 3.84. The van der Waals surface area contributed by atoms with Crippen molar-refractivity contribution in [2.24, 2.45) is 5.92 Å². The Bertz CT molecular complexity index is 784. The van der Waals surface area contributed by atoms with Gasteiger partial charge in [0.15, 0.2) is 0 Å². The van der Waals surface area contributed by atoms with Crippen molar-refractivity contribution in [2.75, 3.05) is 5.32 Å². The minimum atomic E-state index is -4.59. The van der Waals surface area contributed by atoms with E-state index in [1.807, 2.05) is 35.3 Å². The van der Waals surface area contributed by atoms with Crippen molar-refractivity contribution in [1.82, 2.24) is 4.98 Å². The van der Waals surface area contributed by atoms with Gasteiger partial charge in [0.2, 0.25) is 5.91 Å². The van der Waals surface area contributed by atoms with Gasteiger partial charge in [-0.15, -0.1) is 0 Å². The van der Waals surface area contributed by atoms with Crippen LogP contribution in [-0.4, -0.2) is 10.9 Å². The Labute approximate surface area is 129 Å². The summed E-state index contributed by atoms with van der Waals surface area (Å²) in [4.78, 5) is 25.7. The summed E-state index contributed by atoms with van der Waals surface area (Å²) in [6, 6.07) is 10.0. The first kappa shape index (κ1) is 15.3. The Balaban J connectivity index is 1.73. The fraction of sp³-hybridized carbons (Fsp3) is 0.250. The molecule has 7 heteroatoms. The van der Waals surface area contributed by atoms with E-state index in [4.69, 9.17) is 0 Å². The third kappa shape index (κ3) is 3.28. The molecule has 0 spiro atoms. The molecule has 1 aliphatic carbocycles. The second-order valence-corrected chi connectivity index (χ2v) is 5.48. The summed E-state index contributed by atoms with van der Waals surface area (Å²) >= 11 is 0. The predicted molar refractivity (Wildman–Crippen MR) is 78.0 cm³/mol. The van der Waals surface area contributed by atoms with E-state index in [1.165, 1.54) is 0 Å². The number of aromatic amines is 1. The van der Waals surface area contributed by atoms with Gasteiger partial charge in [0.1, 0.15) is 5.69 Å². The molecule has 1 amide bonds. The second-order valence-electron chi connectivity index (χ2n) is 5.48. The second kappa shape index (κ2) is 5.57. The van der Waals surface area contributed by atoms with Crippen molar-refractivity contribution >= 4 is 11.6 Å². The number of aromatic nitrogens is 1. The van der Waals surface area contributed by atoms with E-state index in [2.05, 4.69) is 5.32 Å². The topological polar surface area (TPSA) is 62.0 Å². The van der Waals surface area contributed by atoms with Crippen molar-refractivity contribution < 1.29 is 18.0 Å². The zero-order chi connectivity index (χ0) is 16.6. The summed E-state index contributed by atoms with van der Waals surface area (Å²) in [7, 11) is 0. The van der Waals surface area contributed by atoms with Gasteiger partial charge < -0.3 is 10.3 Å². The standard InChI is InChI=1S/C16H13F3N2O2/c17-16(18,19)10-6-13(15(23)20-8-10)21-14(22)12-7-11(12)9-4-2-1-3-5-9/h1-6,8,11-12H,7H2,(H,20,23)(H,21,22). The number of nitrogens with one attached hydrogen (secondary N) is 2. The highest BCUT2D eigenvalue weighted by atomic mass is 19.4. The van der Waals surface area contributed by atoms with Crippen LogP contribution >= 0.6 is 0 Å². The van der Waals surface area contributed by atoms with Crippen LogP contribution in [0.2, 0.25) is 0 Å². The molecule has 2 unspecified atom stereocenters. The Kier molecular flexibility index (Phi) is 3.71. The first-order chi connectivity index (χ1) is 10.9. The van der Waals surface area contributed by atoms with Crippen molar-refractivity contribution in [1.29, 1.82) is 0 Å². The van der Waals surface area contributed by atoms with Crippen LogP contribution in [-0.2, 0) is 11.0 Å². The lowest BCUT2D eigenvalue weighted by molar-refractivity contribution is -0.137. The largest absolute Gasteiger partial charge is 0.417 e. The van der Waals surface area contributed by atoms with Gasteiger partial charge in [0.05, 0.1) is 5.56 Å². The molecule has 0 radical (unpaired) electrons. The van der Waals surface area contributed by atoms with Crippen LogP contribution in [0.25, 0.3) is 0 Å². The van der Waals surface area contributed by atoms with Crippen LogP contribution < -0.4 is 10.9 Å². The molecule has 1 fully saturated rings. The predicted octanol–water partition coefficient (Wildman–Crippen LogP) is 3.14. The van der Waals surface area contributed by atoms with Gasteiger partial charge in [0.25, 0.3) is 5.56 Å². The zero-order valence-corrected chi connectivity index (χ0v) is 11.9. The number of pyridine rings is 1. The lowest BCUT2D eigenvalue weighted by Gasteiger charge is -2.09. The van der Waals surface area contributed by atoms with Crippen LogP contribution in [0.1, 0.15) is 23.5 Å². The van der Waals surface area contributed by atoms with Crippen LogP contribution in [0, 0.1) is 5.92 Å². The summed E-state index contributed by atoms with van der Waals surface area (Å²) in [6.07, 6.45) is -3.38. The fourth-order valence-electron chi connectivity index (χ4n) is 2.52. The molecule has 2 atom stereocenters. The van der Waals surface area contributed by atoms with Gasteiger partial charge in [0, 0.05) is 12.1 Å². The Morgan fingerprint density at radius 3 is 2.57 bits per heavy atom. The van der Waals surface area contributed by atoms with Crippen LogP contribution in [0.5, 0.6) is 0 Å². The van der Waals surface area contributed by atoms with Gasteiger partial charge in [-0.3, -0.25) is 9.59 Å². The van der Waals surface area contributed by atoms with Gasteiger partial charge >= 0.3 is 6.18 Å². The number of hydrogen-bond acceptors (Lipinski definition) is 2. The smallest absolute Gasteiger partial charge is 0.327 e. The van der Waals surface area contributed by atoms with Crippen LogP contribution in [0.4, 0.5) is 18.9 Å². The number of halogens is 3. The van der Waals surface area contributed by atoms with E-state index < -0.39 is 23.2 Å². The normalized spacial score (nSPS) is 20.1. The van der Waals surface area contributed by atoms with Gasteiger partial charge in [-0.05, 0) is 24.0 Å². The maximum absolute atomic E-state index is 12.7. The maximum atomic E-state index is 12.7. The number of anilines is 1. The van der Waals surface area contributed by atoms with Gasteiger partial charge in [-0.1, -0.05) is 30.3 Å². The molecule has 1 heterocycles. The quantitative estimate of drug-likeness (QED) is 0.912. The number of H-pyrrole nitrogens is 1. The first-order valence-electron chi connectivity index (χ1n) is 7.02. The van der Waals surface area contributed by atoms with E-state index in [0.29, 0.717) is 18.7 Å². The highest BCUT2D eigenvalue weighted by molar-refractivity contribution is 5.95. The van der Waals surface area contributed by atoms with E-state index in [1.54, 1.807) is 0 Å². The number of benzene rings is 1. The maximum Gasteiger partial charge on any atom is 0.417 e. The molecule has 23 heavy (non-hydrogen) atoms. The molecule has 120 valence electrons. The molecular formula is C16H13F3N2O2. The van der Waals surface area contributed by atoms with Crippen molar-refractivity contribution in [3.8, 4) is 0 Å². The number of alkyl halides is 3. The monoisotopic (exact) mass is 322 g/mol. The number of amides is 1. The van der Waals surface area contributed by atoms with Gasteiger partial charge in [-0.25, -0.2) is 0 Å². The van der Waals surface area contributed by atoms with E-state index >= 15 is 0 Å². The summed E-state index contributed by atoms with van der Waals surface area (Å²) in [5, 5.41) is 2.30. The molecule has 1 aliphatic rings. The molecular weight excluding hydrogens is 309 g/mol. The van der Waals surface area contributed by atoms with E-state index in [9.17, 15) is 22.8 Å². The molecule has 1 aromatic carbocycles. The number of rotatable bonds is 3. The summed E-state index contributed by atoms with van der Waals surface area (Å²) in [6.45, 7) is 0. The molecule has 2 aromatic rings. The molecule has 1 aromatic heterocycles. The SMILES string of the molecule is O=C(Nc1cc(C(F)(F)F)c[nH]c1=O)C1CC1c1ccccc1. The average molecular weight is 322 g/mol.